The maximum Gasteiger partial charge on any atom is 0.0799 e. The molecule has 0 saturated heterocycles. The summed E-state index contributed by atoms with van der Waals surface area (Å²) < 4.78 is 0. The quantitative estimate of drug-likeness (QED) is 0.496. The van der Waals surface area contributed by atoms with Gasteiger partial charge in [-0.1, -0.05) is 88.9 Å². The highest BCUT2D eigenvalue weighted by atomic mass is 28.3. The van der Waals surface area contributed by atoms with Crippen molar-refractivity contribution in [2.45, 2.75) is 89.8 Å². The number of hydrogen-bond acceptors (Lipinski definition) is 1. The van der Waals surface area contributed by atoms with Gasteiger partial charge in [0, 0.05) is 11.8 Å². The van der Waals surface area contributed by atoms with Gasteiger partial charge in [0.1, 0.15) is 0 Å². The first-order valence-corrected chi connectivity index (χ1v) is 15.1. The first kappa shape index (κ1) is 19.9. The van der Waals surface area contributed by atoms with E-state index in [1.807, 2.05) is 0 Å². The van der Waals surface area contributed by atoms with Crippen LogP contribution in [-0.4, -0.2) is 13.1 Å². The van der Waals surface area contributed by atoms with Crippen molar-refractivity contribution in [2.75, 3.05) is 0 Å². The molecule has 0 atom stereocenters. The van der Waals surface area contributed by atoms with E-state index < -0.39 is 8.07 Å². The van der Waals surface area contributed by atoms with Crippen molar-refractivity contribution in [1.29, 1.82) is 0 Å². The van der Waals surface area contributed by atoms with Gasteiger partial charge in [0.15, 0.2) is 0 Å². The summed E-state index contributed by atoms with van der Waals surface area (Å²) >= 11 is 0. The number of hydrogen-bond donors (Lipinski definition) is 0. The predicted molar refractivity (Wildman–Crippen MR) is 124 cm³/mol. The Labute approximate surface area is 173 Å². The van der Waals surface area contributed by atoms with Gasteiger partial charge in [-0.05, 0) is 53.5 Å². The SMILES string of the molecule is C[Si](C)(C)c1cnc(-c2ccc(C3CCCCC3)cc2)cc1CC1CCCC1. The van der Waals surface area contributed by atoms with E-state index in [2.05, 4.69) is 56.2 Å². The van der Waals surface area contributed by atoms with Crippen LogP contribution in [0, 0.1) is 5.92 Å². The molecule has 150 valence electrons. The zero-order valence-electron chi connectivity index (χ0n) is 18.1. The summed E-state index contributed by atoms with van der Waals surface area (Å²) in [6.07, 6.45) is 16.1. The summed E-state index contributed by atoms with van der Waals surface area (Å²) in [5, 5.41) is 1.57. The van der Waals surface area contributed by atoms with Crippen molar-refractivity contribution >= 4 is 13.3 Å². The molecule has 2 saturated carbocycles. The highest BCUT2D eigenvalue weighted by Gasteiger charge is 2.24. The molecule has 0 unspecified atom stereocenters. The molecule has 0 spiro atoms. The second kappa shape index (κ2) is 8.53. The maximum absolute atomic E-state index is 4.93. The molecule has 4 rings (SSSR count). The van der Waals surface area contributed by atoms with Crippen LogP contribution in [0.15, 0.2) is 36.5 Å². The minimum Gasteiger partial charge on any atom is -0.256 e. The number of benzene rings is 1. The fourth-order valence-corrected chi connectivity index (χ4v) is 6.98. The molecular formula is C26H37NSi. The molecule has 0 aliphatic heterocycles. The van der Waals surface area contributed by atoms with Crippen LogP contribution in [0.5, 0.6) is 0 Å². The molecule has 1 heterocycles. The number of nitrogens with zero attached hydrogens (tertiary/aromatic N) is 1. The maximum atomic E-state index is 4.93. The van der Waals surface area contributed by atoms with Crippen LogP contribution in [0.2, 0.25) is 19.6 Å². The lowest BCUT2D eigenvalue weighted by Crippen LogP contribution is -2.41. The Morgan fingerprint density at radius 2 is 1.50 bits per heavy atom. The van der Waals surface area contributed by atoms with Crippen LogP contribution in [0.3, 0.4) is 0 Å². The van der Waals surface area contributed by atoms with Crippen LogP contribution < -0.4 is 5.19 Å². The molecule has 0 amide bonds. The molecular weight excluding hydrogens is 354 g/mol. The molecule has 2 aliphatic carbocycles. The average Bonchev–Trinajstić information content (AvgIpc) is 3.21. The number of pyridine rings is 1. The largest absolute Gasteiger partial charge is 0.256 e. The van der Waals surface area contributed by atoms with Crippen molar-refractivity contribution in [3.05, 3.63) is 47.7 Å². The Morgan fingerprint density at radius 3 is 2.14 bits per heavy atom. The molecule has 0 N–H and O–H groups in total. The molecule has 1 aromatic carbocycles. The molecule has 2 heteroatoms. The summed E-state index contributed by atoms with van der Waals surface area (Å²) in [5.41, 5.74) is 5.58. The van der Waals surface area contributed by atoms with E-state index in [-0.39, 0.29) is 0 Å². The summed E-state index contributed by atoms with van der Waals surface area (Å²) in [4.78, 5) is 4.93. The standard InChI is InChI=1S/C26H37NSi/c1-28(2,3)26-19-27-25(18-24(26)17-20-9-7-8-10-20)23-15-13-22(14-16-23)21-11-5-4-6-12-21/h13-16,18-21H,4-12,17H2,1-3H3. The molecule has 2 aliphatic rings. The fraction of sp³-hybridized carbons (Fsp3) is 0.577. The minimum absolute atomic E-state index is 0.781. The van der Waals surface area contributed by atoms with Crippen molar-refractivity contribution < 1.29 is 0 Å². The minimum atomic E-state index is -1.37. The van der Waals surface area contributed by atoms with Crippen molar-refractivity contribution in [2.24, 2.45) is 5.92 Å². The Morgan fingerprint density at radius 1 is 0.857 bits per heavy atom. The van der Waals surface area contributed by atoms with E-state index in [1.165, 1.54) is 81.0 Å². The van der Waals surface area contributed by atoms with E-state index in [1.54, 1.807) is 10.8 Å². The number of rotatable bonds is 5. The topological polar surface area (TPSA) is 12.9 Å². The normalized spacial score (nSPS) is 19.2. The summed E-state index contributed by atoms with van der Waals surface area (Å²) in [5.74, 6) is 1.67. The smallest absolute Gasteiger partial charge is 0.0799 e. The summed E-state index contributed by atoms with van der Waals surface area (Å²) in [6.45, 7) is 7.38. The Bertz CT molecular complexity index is 775. The summed E-state index contributed by atoms with van der Waals surface area (Å²) in [7, 11) is -1.37. The van der Waals surface area contributed by atoms with Crippen molar-refractivity contribution in [3.63, 3.8) is 0 Å². The Balaban J connectivity index is 1.59. The average molecular weight is 392 g/mol. The Kier molecular flexibility index (Phi) is 6.06. The molecule has 1 nitrogen and oxygen atoms in total. The van der Waals surface area contributed by atoms with Crippen LogP contribution >= 0.6 is 0 Å². The van der Waals surface area contributed by atoms with Crippen LogP contribution in [0.25, 0.3) is 11.3 Å². The highest BCUT2D eigenvalue weighted by Crippen LogP contribution is 2.34. The first-order chi connectivity index (χ1) is 13.5. The van der Waals surface area contributed by atoms with E-state index in [0.717, 1.165) is 11.8 Å². The molecule has 0 bridgehead atoms. The molecule has 1 aromatic heterocycles. The Hall–Kier alpha value is -1.41. The van der Waals surface area contributed by atoms with Crippen molar-refractivity contribution in [1.82, 2.24) is 4.98 Å². The predicted octanol–water partition coefficient (Wildman–Crippen LogP) is 7.07. The molecule has 28 heavy (non-hydrogen) atoms. The van der Waals surface area contributed by atoms with Gasteiger partial charge in [-0.3, -0.25) is 4.98 Å². The van der Waals surface area contributed by atoms with E-state index in [0.29, 0.717) is 0 Å². The van der Waals surface area contributed by atoms with E-state index in [9.17, 15) is 0 Å². The van der Waals surface area contributed by atoms with Gasteiger partial charge in [0.2, 0.25) is 0 Å². The van der Waals surface area contributed by atoms with Gasteiger partial charge < -0.3 is 0 Å². The lowest BCUT2D eigenvalue weighted by molar-refractivity contribution is 0.443. The lowest BCUT2D eigenvalue weighted by Gasteiger charge is -2.23. The van der Waals surface area contributed by atoms with Gasteiger partial charge in [-0.25, -0.2) is 0 Å². The zero-order valence-corrected chi connectivity index (χ0v) is 19.1. The van der Waals surface area contributed by atoms with Crippen LogP contribution in [-0.2, 0) is 6.42 Å². The fourth-order valence-electron chi connectivity index (χ4n) is 5.39. The first-order valence-electron chi connectivity index (χ1n) is 11.6. The third-order valence-electron chi connectivity index (χ3n) is 7.06. The van der Waals surface area contributed by atoms with Gasteiger partial charge in [-0.2, -0.15) is 0 Å². The van der Waals surface area contributed by atoms with Gasteiger partial charge in [0.05, 0.1) is 13.8 Å². The second-order valence-electron chi connectivity index (χ2n) is 10.3. The lowest BCUT2D eigenvalue weighted by atomic mass is 9.84. The van der Waals surface area contributed by atoms with Crippen molar-refractivity contribution in [3.8, 4) is 11.3 Å². The third-order valence-corrected chi connectivity index (χ3v) is 9.13. The van der Waals surface area contributed by atoms with Crippen LogP contribution in [0.1, 0.15) is 74.8 Å². The van der Waals surface area contributed by atoms with Gasteiger partial charge >= 0.3 is 0 Å². The third kappa shape index (κ3) is 4.59. The van der Waals surface area contributed by atoms with Gasteiger partial charge in [0.25, 0.3) is 0 Å². The highest BCUT2D eigenvalue weighted by molar-refractivity contribution is 6.89. The molecule has 2 aromatic rings. The summed E-state index contributed by atoms with van der Waals surface area (Å²) in [6, 6.07) is 11.8. The monoisotopic (exact) mass is 391 g/mol. The molecule has 0 radical (unpaired) electrons. The second-order valence-corrected chi connectivity index (χ2v) is 15.3. The van der Waals surface area contributed by atoms with Crippen LogP contribution in [0.4, 0.5) is 0 Å². The van der Waals surface area contributed by atoms with E-state index in [4.69, 9.17) is 4.98 Å². The zero-order chi connectivity index (χ0) is 19.6. The van der Waals surface area contributed by atoms with Gasteiger partial charge in [-0.15, -0.1) is 0 Å². The number of aromatic nitrogens is 1. The molecule has 2 fully saturated rings. The van der Waals surface area contributed by atoms with E-state index >= 15 is 0 Å².